The number of carbonyl (C=O) groups excluding carboxylic acids is 2. The molecule has 3 aromatic carbocycles. The largest absolute Gasteiger partial charge is 0.481 e. The number of rotatable bonds is 6. The van der Waals surface area contributed by atoms with Gasteiger partial charge in [0.1, 0.15) is 10.4 Å². The first-order valence-corrected chi connectivity index (χ1v) is 11.3. The van der Waals surface area contributed by atoms with Crippen LogP contribution in [0.2, 0.25) is 0 Å². The Balaban J connectivity index is 1.68. The van der Waals surface area contributed by atoms with Gasteiger partial charge in [-0.25, -0.2) is 0 Å². The molecule has 2 N–H and O–H groups in total. The minimum absolute atomic E-state index is 0.00880. The van der Waals surface area contributed by atoms with E-state index in [2.05, 4.69) is 11.4 Å². The monoisotopic (exact) mass is 464 g/mol. The Morgan fingerprint density at radius 2 is 1.72 bits per heavy atom. The number of nitrogens with one attached hydrogen (secondary N) is 1. The van der Waals surface area contributed by atoms with Crippen LogP contribution in [0.1, 0.15) is 18.9 Å². The highest BCUT2D eigenvalue weighted by atomic mass is 32.2. The van der Waals surface area contributed by atoms with Crippen LogP contribution in [0, 0.1) is 0 Å². The van der Waals surface area contributed by atoms with E-state index in [9.17, 15) is 14.4 Å². The van der Waals surface area contributed by atoms with Crippen molar-refractivity contribution in [1.29, 1.82) is 0 Å². The molecular formula is C24H20N2O4S2. The van der Waals surface area contributed by atoms with E-state index >= 15 is 0 Å². The van der Waals surface area contributed by atoms with Gasteiger partial charge >= 0.3 is 5.97 Å². The summed E-state index contributed by atoms with van der Waals surface area (Å²) in [6.07, 6.45) is 1.66. The van der Waals surface area contributed by atoms with Gasteiger partial charge < -0.3 is 10.4 Å². The van der Waals surface area contributed by atoms with Gasteiger partial charge in [-0.2, -0.15) is 0 Å². The van der Waals surface area contributed by atoms with Crippen molar-refractivity contribution in [1.82, 2.24) is 10.2 Å². The molecule has 2 amide bonds. The Morgan fingerprint density at radius 3 is 2.31 bits per heavy atom. The number of carboxylic acid groups (broad SMARTS) is 1. The Labute approximate surface area is 194 Å². The molecular weight excluding hydrogens is 444 g/mol. The molecule has 0 spiro atoms. The van der Waals surface area contributed by atoms with E-state index < -0.39 is 17.9 Å². The van der Waals surface area contributed by atoms with Gasteiger partial charge in [0.15, 0.2) is 0 Å². The van der Waals surface area contributed by atoms with Gasteiger partial charge in [0.2, 0.25) is 5.91 Å². The fourth-order valence-electron chi connectivity index (χ4n) is 3.71. The number of hydrogen-bond donors (Lipinski definition) is 2. The van der Waals surface area contributed by atoms with Gasteiger partial charge in [-0.3, -0.25) is 19.3 Å². The van der Waals surface area contributed by atoms with Gasteiger partial charge in [-0.05, 0) is 46.2 Å². The number of hydrogen-bond acceptors (Lipinski definition) is 5. The molecule has 0 aliphatic carbocycles. The second kappa shape index (κ2) is 9.10. The average Bonchev–Trinajstić information content (AvgIpc) is 3.05. The highest BCUT2D eigenvalue weighted by molar-refractivity contribution is 8.26. The lowest BCUT2D eigenvalue weighted by Crippen LogP contribution is -2.47. The molecule has 1 unspecified atom stereocenters. The lowest BCUT2D eigenvalue weighted by Gasteiger charge is -2.22. The molecule has 32 heavy (non-hydrogen) atoms. The number of amides is 2. The van der Waals surface area contributed by atoms with E-state index in [-0.39, 0.29) is 18.9 Å². The first-order chi connectivity index (χ1) is 15.4. The maximum absolute atomic E-state index is 13.2. The second-order valence-corrected chi connectivity index (χ2v) is 9.07. The molecule has 3 aromatic rings. The van der Waals surface area contributed by atoms with Crippen LogP contribution in [0.3, 0.4) is 0 Å². The van der Waals surface area contributed by atoms with Crippen LogP contribution in [0.4, 0.5) is 0 Å². The van der Waals surface area contributed by atoms with E-state index in [1.807, 2.05) is 54.6 Å². The van der Waals surface area contributed by atoms with E-state index in [1.54, 1.807) is 6.92 Å². The SMILES string of the molecule is CC(C(=O)NCCC(=O)O)N1C(=O)/C(=C/c2c3ccccc3cc3ccccc23)SC1=S. The fraction of sp³-hybridized carbons (Fsp3) is 0.167. The zero-order valence-corrected chi connectivity index (χ0v) is 18.8. The maximum Gasteiger partial charge on any atom is 0.305 e. The third-order valence-corrected chi connectivity index (χ3v) is 6.65. The molecule has 0 radical (unpaired) electrons. The van der Waals surface area contributed by atoms with Crippen molar-refractivity contribution >= 4 is 73.7 Å². The molecule has 4 rings (SSSR count). The smallest absolute Gasteiger partial charge is 0.305 e. The van der Waals surface area contributed by atoms with Crippen LogP contribution in [0.25, 0.3) is 27.6 Å². The second-order valence-electron chi connectivity index (χ2n) is 7.39. The predicted octanol–water partition coefficient (Wildman–Crippen LogP) is 4.17. The minimum atomic E-state index is -1.01. The molecule has 1 saturated heterocycles. The summed E-state index contributed by atoms with van der Waals surface area (Å²) in [5, 5.41) is 15.5. The van der Waals surface area contributed by atoms with Gasteiger partial charge in [-0.1, -0.05) is 72.5 Å². The highest BCUT2D eigenvalue weighted by Crippen LogP contribution is 2.37. The summed E-state index contributed by atoms with van der Waals surface area (Å²) in [5.41, 5.74) is 0.928. The van der Waals surface area contributed by atoms with Crippen molar-refractivity contribution in [3.63, 3.8) is 0 Å². The van der Waals surface area contributed by atoms with E-state index in [1.165, 1.54) is 4.90 Å². The number of benzene rings is 3. The summed E-state index contributed by atoms with van der Waals surface area (Å²) in [6.45, 7) is 1.57. The van der Waals surface area contributed by atoms with E-state index in [4.69, 9.17) is 17.3 Å². The van der Waals surface area contributed by atoms with Crippen LogP contribution in [0.15, 0.2) is 59.5 Å². The van der Waals surface area contributed by atoms with Crippen molar-refractivity contribution in [2.75, 3.05) is 6.54 Å². The number of nitrogens with zero attached hydrogens (tertiary/aromatic N) is 1. The highest BCUT2D eigenvalue weighted by Gasteiger charge is 2.38. The first-order valence-electron chi connectivity index (χ1n) is 10.0. The number of aliphatic carboxylic acids is 1. The topological polar surface area (TPSA) is 86.7 Å². The number of thiocarbonyl (C=S) groups is 1. The van der Waals surface area contributed by atoms with Crippen LogP contribution >= 0.6 is 24.0 Å². The van der Waals surface area contributed by atoms with Crippen molar-refractivity contribution in [2.45, 2.75) is 19.4 Å². The summed E-state index contributed by atoms with van der Waals surface area (Å²) in [4.78, 5) is 38.0. The minimum Gasteiger partial charge on any atom is -0.481 e. The molecule has 1 aliphatic heterocycles. The summed E-state index contributed by atoms with van der Waals surface area (Å²) < 4.78 is 0.298. The lowest BCUT2D eigenvalue weighted by molar-refractivity contribution is -0.137. The molecule has 1 fully saturated rings. The maximum atomic E-state index is 13.2. The zero-order valence-electron chi connectivity index (χ0n) is 17.2. The number of carbonyl (C=O) groups is 3. The van der Waals surface area contributed by atoms with E-state index in [0.717, 1.165) is 38.9 Å². The Kier molecular flexibility index (Phi) is 6.25. The third kappa shape index (κ3) is 4.24. The normalized spacial score (nSPS) is 16.2. The van der Waals surface area contributed by atoms with Crippen LogP contribution < -0.4 is 5.32 Å². The zero-order chi connectivity index (χ0) is 22.8. The summed E-state index contributed by atoms with van der Waals surface area (Å²) in [7, 11) is 0. The summed E-state index contributed by atoms with van der Waals surface area (Å²) in [5.74, 6) is -1.79. The first kappa shape index (κ1) is 22.0. The van der Waals surface area contributed by atoms with Crippen molar-refractivity contribution in [2.24, 2.45) is 0 Å². The van der Waals surface area contributed by atoms with Crippen molar-refractivity contribution in [3.05, 3.63) is 65.1 Å². The third-order valence-electron chi connectivity index (χ3n) is 5.32. The quantitative estimate of drug-likeness (QED) is 0.323. The molecule has 1 aliphatic rings. The number of carboxylic acids is 1. The van der Waals surface area contributed by atoms with Crippen LogP contribution in [-0.4, -0.2) is 44.7 Å². The predicted molar refractivity (Wildman–Crippen MR) is 131 cm³/mol. The van der Waals surface area contributed by atoms with Gasteiger partial charge in [0, 0.05) is 6.54 Å². The van der Waals surface area contributed by atoms with Gasteiger partial charge in [0.05, 0.1) is 11.3 Å². The molecule has 1 atom stereocenters. The lowest BCUT2D eigenvalue weighted by atomic mass is 9.96. The molecule has 6 nitrogen and oxygen atoms in total. The Bertz CT molecular complexity index is 1250. The van der Waals surface area contributed by atoms with Crippen molar-refractivity contribution < 1.29 is 19.5 Å². The average molecular weight is 465 g/mol. The van der Waals surface area contributed by atoms with Gasteiger partial charge in [-0.15, -0.1) is 0 Å². The van der Waals surface area contributed by atoms with E-state index in [0.29, 0.717) is 9.23 Å². The molecule has 0 saturated carbocycles. The number of thioether (sulfide) groups is 1. The molecule has 0 bridgehead atoms. The standard InChI is InChI=1S/C24H20N2O4S2/c1-14(22(29)25-11-10-21(27)28)26-23(30)20(32-24(26)31)13-19-17-8-4-2-6-15(17)12-16-7-3-5-9-18(16)19/h2-9,12-14H,10-11H2,1H3,(H,25,29)(H,27,28)/b20-13-. The number of fused-ring (bicyclic) bond motifs is 2. The Morgan fingerprint density at radius 1 is 1.12 bits per heavy atom. The Hall–Kier alpha value is -3.23. The molecule has 8 heteroatoms. The molecule has 1 heterocycles. The van der Waals surface area contributed by atoms with Crippen molar-refractivity contribution in [3.8, 4) is 0 Å². The van der Waals surface area contributed by atoms with Gasteiger partial charge in [0.25, 0.3) is 5.91 Å². The van der Waals surface area contributed by atoms with Crippen LogP contribution in [-0.2, 0) is 14.4 Å². The van der Waals surface area contributed by atoms with Crippen LogP contribution in [0.5, 0.6) is 0 Å². The fourth-order valence-corrected chi connectivity index (χ4v) is 5.11. The molecule has 0 aromatic heterocycles. The summed E-state index contributed by atoms with van der Waals surface area (Å²) in [6, 6.07) is 17.3. The summed E-state index contributed by atoms with van der Waals surface area (Å²) >= 11 is 6.57. The molecule has 162 valence electrons.